The van der Waals surface area contributed by atoms with Crippen molar-refractivity contribution in [1.29, 1.82) is 0 Å². The Balaban J connectivity index is 2.00. The number of hydrogen-bond acceptors (Lipinski definition) is 3. The lowest BCUT2D eigenvalue weighted by atomic mass is 10.0. The molecule has 0 amide bonds. The van der Waals surface area contributed by atoms with Crippen molar-refractivity contribution in [3.63, 3.8) is 0 Å². The average Bonchev–Trinajstić information content (AvgIpc) is 2.59. The minimum Gasteiger partial charge on any atom is -0.383 e. The van der Waals surface area contributed by atoms with Crippen LogP contribution in [-0.4, -0.2) is 33.5 Å². The van der Waals surface area contributed by atoms with Gasteiger partial charge in [-0.2, -0.15) is 0 Å². The molecule has 2 heterocycles. The third-order valence-corrected chi connectivity index (χ3v) is 3.28. The highest BCUT2D eigenvalue weighted by atomic mass is 79.9. The maximum absolute atomic E-state index is 10.0. The molecule has 1 fully saturated rings. The maximum Gasteiger partial charge on any atom is 0.129 e. The Morgan fingerprint density at radius 2 is 2.31 bits per heavy atom. The second-order valence-electron chi connectivity index (χ2n) is 4.22. The molecule has 0 aliphatic carbocycles. The van der Waals surface area contributed by atoms with Gasteiger partial charge in [0.15, 0.2) is 0 Å². The van der Waals surface area contributed by atoms with Gasteiger partial charge >= 0.3 is 0 Å². The number of ether oxygens (including phenoxy) is 1. The SMILES string of the molecule is OC1(Cn2cnc3ccc(Br)cc32)COC1. The molecule has 5 heteroatoms. The van der Waals surface area contributed by atoms with Gasteiger partial charge in [0.05, 0.1) is 37.1 Å². The number of nitrogens with zero attached hydrogens (tertiary/aromatic N) is 2. The summed E-state index contributed by atoms with van der Waals surface area (Å²) >= 11 is 3.43. The van der Waals surface area contributed by atoms with Crippen molar-refractivity contribution in [2.45, 2.75) is 12.1 Å². The number of aromatic nitrogens is 2. The first kappa shape index (κ1) is 10.3. The van der Waals surface area contributed by atoms with Crippen LogP contribution in [0.25, 0.3) is 11.0 Å². The quantitative estimate of drug-likeness (QED) is 0.910. The molecule has 1 aromatic heterocycles. The molecular weight excluding hydrogens is 272 g/mol. The van der Waals surface area contributed by atoms with Crippen molar-refractivity contribution in [2.24, 2.45) is 0 Å². The summed E-state index contributed by atoms with van der Waals surface area (Å²) in [6, 6.07) is 5.92. The van der Waals surface area contributed by atoms with Crippen LogP contribution in [0.5, 0.6) is 0 Å². The molecule has 1 aromatic carbocycles. The predicted molar refractivity (Wildman–Crippen MR) is 63.2 cm³/mol. The molecule has 1 saturated heterocycles. The van der Waals surface area contributed by atoms with Crippen LogP contribution in [-0.2, 0) is 11.3 Å². The molecule has 0 saturated carbocycles. The molecule has 4 nitrogen and oxygen atoms in total. The molecule has 1 aliphatic rings. The summed E-state index contributed by atoms with van der Waals surface area (Å²) in [5.41, 5.74) is 1.23. The van der Waals surface area contributed by atoms with E-state index in [1.807, 2.05) is 22.8 Å². The third-order valence-electron chi connectivity index (χ3n) is 2.79. The fourth-order valence-electron chi connectivity index (χ4n) is 1.90. The van der Waals surface area contributed by atoms with Crippen LogP contribution in [0.3, 0.4) is 0 Å². The Morgan fingerprint density at radius 3 is 3.00 bits per heavy atom. The lowest BCUT2D eigenvalue weighted by Gasteiger charge is -2.36. The molecule has 0 radical (unpaired) electrons. The first-order chi connectivity index (χ1) is 7.66. The molecule has 1 N–H and O–H groups in total. The molecule has 0 atom stereocenters. The molecule has 84 valence electrons. The number of imidazole rings is 1. The van der Waals surface area contributed by atoms with E-state index in [1.54, 1.807) is 6.33 Å². The van der Waals surface area contributed by atoms with E-state index < -0.39 is 5.60 Å². The van der Waals surface area contributed by atoms with Gasteiger partial charge in [-0.05, 0) is 18.2 Å². The molecule has 0 spiro atoms. The second kappa shape index (κ2) is 3.55. The van der Waals surface area contributed by atoms with Gasteiger partial charge in [-0.3, -0.25) is 0 Å². The van der Waals surface area contributed by atoms with Crippen LogP contribution in [0.4, 0.5) is 0 Å². The van der Waals surface area contributed by atoms with E-state index in [0.717, 1.165) is 15.5 Å². The van der Waals surface area contributed by atoms with E-state index in [-0.39, 0.29) is 0 Å². The van der Waals surface area contributed by atoms with E-state index in [4.69, 9.17) is 4.74 Å². The summed E-state index contributed by atoms with van der Waals surface area (Å²) < 4.78 is 8.00. The van der Waals surface area contributed by atoms with E-state index >= 15 is 0 Å². The summed E-state index contributed by atoms with van der Waals surface area (Å²) in [4.78, 5) is 4.29. The minimum atomic E-state index is -0.726. The zero-order chi connectivity index (χ0) is 11.2. The number of halogens is 1. The van der Waals surface area contributed by atoms with E-state index in [2.05, 4.69) is 20.9 Å². The van der Waals surface area contributed by atoms with Crippen molar-refractivity contribution in [3.05, 3.63) is 29.0 Å². The molecular formula is C11H11BrN2O2. The fourth-order valence-corrected chi connectivity index (χ4v) is 2.25. The van der Waals surface area contributed by atoms with Crippen molar-refractivity contribution in [2.75, 3.05) is 13.2 Å². The standard InChI is InChI=1S/C11H11BrN2O2/c12-8-1-2-9-10(3-8)14(7-13-9)4-11(15)5-16-6-11/h1-3,7,15H,4-6H2. The van der Waals surface area contributed by atoms with Crippen LogP contribution >= 0.6 is 15.9 Å². The lowest BCUT2D eigenvalue weighted by molar-refractivity contribution is -0.184. The lowest BCUT2D eigenvalue weighted by Crippen LogP contribution is -2.52. The Morgan fingerprint density at radius 1 is 1.50 bits per heavy atom. The van der Waals surface area contributed by atoms with Crippen molar-refractivity contribution in [3.8, 4) is 0 Å². The van der Waals surface area contributed by atoms with E-state index in [1.165, 1.54) is 0 Å². The highest BCUT2D eigenvalue weighted by Crippen LogP contribution is 2.23. The first-order valence-corrected chi connectivity index (χ1v) is 5.86. The molecule has 0 bridgehead atoms. The van der Waals surface area contributed by atoms with Gasteiger partial charge in [-0.15, -0.1) is 0 Å². The monoisotopic (exact) mass is 282 g/mol. The zero-order valence-electron chi connectivity index (χ0n) is 8.56. The van der Waals surface area contributed by atoms with Crippen molar-refractivity contribution in [1.82, 2.24) is 9.55 Å². The number of benzene rings is 1. The van der Waals surface area contributed by atoms with Crippen LogP contribution in [0.2, 0.25) is 0 Å². The summed E-state index contributed by atoms with van der Waals surface area (Å²) in [6.45, 7) is 1.33. The highest BCUT2D eigenvalue weighted by Gasteiger charge is 2.36. The average molecular weight is 283 g/mol. The zero-order valence-corrected chi connectivity index (χ0v) is 10.1. The van der Waals surface area contributed by atoms with E-state index in [0.29, 0.717) is 19.8 Å². The van der Waals surface area contributed by atoms with Gasteiger partial charge in [-0.25, -0.2) is 4.98 Å². The molecule has 16 heavy (non-hydrogen) atoms. The Kier molecular flexibility index (Phi) is 2.27. The maximum atomic E-state index is 10.0. The van der Waals surface area contributed by atoms with Crippen LogP contribution in [0.15, 0.2) is 29.0 Å². The highest BCUT2D eigenvalue weighted by molar-refractivity contribution is 9.10. The minimum absolute atomic E-state index is 0.403. The van der Waals surface area contributed by atoms with Gasteiger partial charge in [-0.1, -0.05) is 15.9 Å². The Bertz CT molecular complexity index is 534. The molecule has 3 rings (SSSR count). The summed E-state index contributed by atoms with van der Waals surface area (Å²) in [5, 5.41) is 10.0. The van der Waals surface area contributed by atoms with Crippen molar-refractivity contribution < 1.29 is 9.84 Å². The summed E-state index contributed by atoms with van der Waals surface area (Å²) in [6.07, 6.45) is 1.76. The first-order valence-electron chi connectivity index (χ1n) is 5.07. The third kappa shape index (κ3) is 1.65. The predicted octanol–water partition coefficient (Wildman–Crippen LogP) is 1.56. The van der Waals surface area contributed by atoms with Crippen molar-refractivity contribution >= 4 is 27.0 Å². The second-order valence-corrected chi connectivity index (χ2v) is 5.14. The largest absolute Gasteiger partial charge is 0.383 e. The Labute approximate surface area is 101 Å². The topological polar surface area (TPSA) is 47.3 Å². The number of hydrogen-bond donors (Lipinski definition) is 1. The Hall–Kier alpha value is -0.910. The van der Waals surface area contributed by atoms with Gasteiger partial charge < -0.3 is 14.4 Å². The van der Waals surface area contributed by atoms with Gasteiger partial charge in [0.1, 0.15) is 5.60 Å². The smallest absolute Gasteiger partial charge is 0.129 e. The number of fused-ring (bicyclic) bond motifs is 1. The van der Waals surface area contributed by atoms with Crippen LogP contribution < -0.4 is 0 Å². The summed E-state index contributed by atoms with van der Waals surface area (Å²) in [5.74, 6) is 0. The molecule has 1 aliphatic heterocycles. The van der Waals surface area contributed by atoms with Gasteiger partial charge in [0.2, 0.25) is 0 Å². The molecule has 0 unspecified atom stereocenters. The number of aliphatic hydroxyl groups is 1. The normalized spacial score (nSPS) is 18.6. The van der Waals surface area contributed by atoms with Gasteiger partial charge in [0.25, 0.3) is 0 Å². The summed E-state index contributed by atoms with van der Waals surface area (Å²) in [7, 11) is 0. The van der Waals surface area contributed by atoms with E-state index in [9.17, 15) is 5.11 Å². The van der Waals surface area contributed by atoms with Crippen LogP contribution in [0, 0.1) is 0 Å². The van der Waals surface area contributed by atoms with Crippen LogP contribution in [0.1, 0.15) is 0 Å². The number of rotatable bonds is 2. The van der Waals surface area contributed by atoms with Gasteiger partial charge in [0, 0.05) is 4.47 Å². The fraction of sp³-hybridized carbons (Fsp3) is 0.364. The molecule has 2 aromatic rings.